The molecule has 0 saturated heterocycles. The maximum Gasteiger partial charge on any atom is 0.191 e. The Bertz CT molecular complexity index is 919. The summed E-state index contributed by atoms with van der Waals surface area (Å²) in [7, 11) is -0.106. The number of nitrogens with one attached hydrogen (secondary N) is 1. The fourth-order valence-electron chi connectivity index (χ4n) is 2.95. The van der Waals surface area contributed by atoms with E-state index in [2.05, 4.69) is 97.8 Å². The van der Waals surface area contributed by atoms with Crippen molar-refractivity contribution in [3.63, 3.8) is 0 Å². The molecule has 2 heteroatoms. The van der Waals surface area contributed by atoms with Crippen LogP contribution in [-0.4, -0.2) is 4.98 Å². The van der Waals surface area contributed by atoms with Gasteiger partial charge in [-0.25, -0.2) is 0 Å². The summed E-state index contributed by atoms with van der Waals surface area (Å²) >= 11 is 0. The summed E-state index contributed by atoms with van der Waals surface area (Å²) in [5.74, 6) is 0. The molecule has 24 heavy (non-hydrogen) atoms. The number of para-hydroxylation sites is 1. The molecule has 4 rings (SSSR count). The molecule has 0 aliphatic carbocycles. The van der Waals surface area contributed by atoms with Crippen LogP contribution in [0.3, 0.4) is 0 Å². The van der Waals surface area contributed by atoms with Crippen LogP contribution in [0.5, 0.6) is 0 Å². The summed E-state index contributed by atoms with van der Waals surface area (Å²) in [5.41, 5.74) is 3.79. The van der Waals surface area contributed by atoms with Crippen LogP contribution in [0.1, 0.15) is 11.1 Å². The predicted octanol–water partition coefficient (Wildman–Crippen LogP) is 5.88. The number of hydrogen-bond donors (Lipinski definition) is 1. The van der Waals surface area contributed by atoms with E-state index in [0.29, 0.717) is 0 Å². The molecular weight excluding hydrogens is 310 g/mol. The van der Waals surface area contributed by atoms with Crippen LogP contribution < -0.4 is 0 Å². The van der Waals surface area contributed by atoms with Gasteiger partial charge in [-0.2, -0.15) is 0 Å². The molecule has 0 unspecified atom stereocenters. The van der Waals surface area contributed by atoms with Gasteiger partial charge >= 0.3 is 0 Å². The van der Waals surface area contributed by atoms with Gasteiger partial charge in [0.2, 0.25) is 0 Å². The number of hydrogen-bond acceptors (Lipinski definition) is 0. The van der Waals surface area contributed by atoms with E-state index in [-0.39, 0.29) is 10.9 Å². The molecule has 4 aromatic rings. The van der Waals surface area contributed by atoms with E-state index in [1.807, 2.05) is 0 Å². The molecule has 0 spiro atoms. The number of aromatic nitrogens is 1. The van der Waals surface area contributed by atoms with Crippen LogP contribution in [0.2, 0.25) is 0 Å². The smallest absolute Gasteiger partial charge is 0.191 e. The molecule has 1 N–H and O–H groups in total. The van der Waals surface area contributed by atoms with E-state index in [1.165, 1.54) is 36.7 Å². The van der Waals surface area contributed by atoms with Crippen LogP contribution in [0.4, 0.5) is 0 Å². The fourth-order valence-corrected chi connectivity index (χ4v) is 5.12. The highest BCUT2D eigenvalue weighted by Crippen LogP contribution is 2.35. The largest absolute Gasteiger partial charge is 0.357 e. The second kappa shape index (κ2) is 6.21. The molecule has 0 bridgehead atoms. The van der Waals surface area contributed by atoms with Gasteiger partial charge in [0.15, 0.2) is 14.7 Å². The van der Waals surface area contributed by atoms with Crippen molar-refractivity contribution in [1.82, 2.24) is 4.98 Å². The second-order valence-corrected chi connectivity index (χ2v) is 8.13. The fraction of sp³-hybridized carbons (Fsp3) is 0.0909. The van der Waals surface area contributed by atoms with E-state index in [9.17, 15) is 0 Å². The molecule has 0 aliphatic heterocycles. The summed E-state index contributed by atoms with van der Waals surface area (Å²) in [4.78, 5) is 7.51. The second-order valence-electron chi connectivity index (χ2n) is 6.13. The van der Waals surface area contributed by atoms with Crippen molar-refractivity contribution in [2.75, 3.05) is 0 Å². The lowest BCUT2D eigenvalue weighted by Crippen LogP contribution is -2.04. The van der Waals surface area contributed by atoms with E-state index in [4.69, 9.17) is 0 Å². The first-order chi connectivity index (χ1) is 11.7. The minimum absolute atomic E-state index is 0.106. The quantitative estimate of drug-likeness (QED) is 0.451. The Morgan fingerprint density at radius 3 is 1.79 bits per heavy atom. The van der Waals surface area contributed by atoms with Gasteiger partial charge in [0.05, 0.1) is 17.1 Å². The zero-order chi connectivity index (χ0) is 16.5. The summed E-state index contributed by atoms with van der Waals surface area (Å²) in [6.45, 7) is 4.28. The lowest BCUT2D eigenvalue weighted by molar-refractivity contribution is 1.29. The van der Waals surface area contributed by atoms with Crippen molar-refractivity contribution >= 4 is 21.8 Å². The summed E-state index contributed by atoms with van der Waals surface area (Å²) < 4.78 is 0. The molecule has 0 aliphatic rings. The van der Waals surface area contributed by atoms with Gasteiger partial charge in [0.1, 0.15) is 10.9 Å². The Hall–Kier alpha value is -2.45. The van der Waals surface area contributed by atoms with E-state index < -0.39 is 0 Å². The predicted molar refractivity (Wildman–Crippen MR) is 103 cm³/mol. The van der Waals surface area contributed by atoms with Crippen LogP contribution in [0, 0.1) is 13.8 Å². The Balaban J connectivity index is 1.93. The minimum atomic E-state index is -0.106. The van der Waals surface area contributed by atoms with Crippen molar-refractivity contribution in [2.45, 2.75) is 28.5 Å². The highest BCUT2D eigenvalue weighted by atomic mass is 32.2. The van der Waals surface area contributed by atoms with Gasteiger partial charge in [-0.1, -0.05) is 47.5 Å². The van der Waals surface area contributed by atoms with Crippen molar-refractivity contribution in [3.8, 4) is 0 Å². The molecule has 0 radical (unpaired) electrons. The first-order valence-electron chi connectivity index (χ1n) is 8.16. The Labute approximate surface area is 145 Å². The average Bonchev–Trinajstić information content (AvgIpc) is 3.03. The van der Waals surface area contributed by atoms with Crippen molar-refractivity contribution in [3.05, 3.63) is 90.1 Å². The van der Waals surface area contributed by atoms with Gasteiger partial charge in [-0.05, 0) is 50.2 Å². The van der Waals surface area contributed by atoms with E-state index >= 15 is 0 Å². The van der Waals surface area contributed by atoms with Crippen LogP contribution in [0.25, 0.3) is 10.9 Å². The van der Waals surface area contributed by atoms with Gasteiger partial charge in [-0.15, -0.1) is 0 Å². The summed E-state index contributed by atoms with van der Waals surface area (Å²) in [6.07, 6.45) is 2.17. The molecule has 3 aromatic carbocycles. The molecule has 118 valence electrons. The number of benzene rings is 3. The third-order valence-electron chi connectivity index (χ3n) is 4.28. The molecule has 1 nitrogen and oxygen atoms in total. The molecule has 0 atom stereocenters. The van der Waals surface area contributed by atoms with Crippen molar-refractivity contribution in [2.24, 2.45) is 0 Å². The van der Waals surface area contributed by atoms with Crippen LogP contribution >= 0.6 is 0 Å². The Kier molecular flexibility index (Phi) is 3.91. The first kappa shape index (κ1) is 15.1. The molecule has 0 amide bonds. The maximum absolute atomic E-state index is 3.44. The van der Waals surface area contributed by atoms with Gasteiger partial charge < -0.3 is 4.98 Å². The Morgan fingerprint density at radius 1 is 0.667 bits per heavy atom. The third kappa shape index (κ3) is 2.74. The lowest BCUT2D eigenvalue weighted by Gasteiger charge is -2.08. The number of rotatable bonds is 3. The number of fused-ring (bicyclic) bond motifs is 1. The van der Waals surface area contributed by atoms with E-state index in [1.54, 1.807) is 0 Å². The standard InChI is InChI=1S/C22H20NS/c1-16-7-11-18(12-8-16)24(19-13-9-17(2)10-14-19)22-15-23-21-6-4-3-5-20(21)22/h3-15,23H,1-2H3/q+1. The molecule has 0 fully saturated rings. The zero-order valence-corrected chi connectivity index (χ0v) is 14.7. The van der Waals surface area contributed by atoms with Gasteiger partial charge in [0.25, 0.3) is 0 Å². The molecular formula is C22H20NS+. The van der Waals surface area contributed by atoms with Gasteiger partial charge in [0, 0.05) is 0 Å². The number of H-pyrrole nitrogens is 1. The van der Waals surface area contributed by atoms with Crippen LogP contribution in [-0.2, 0) is 10.9 Å². The minimum Gasteiger partial charge on any atom is -0.357 e. The monoisotopic (exact) mass is 330 g/mol. The van der Waals surface area contributed by atoms with Gasteiger partial charge in [-0.3, -0.25) is 0 Å². The van der Waals surface area contributed by atoms with Crippen LogP contribution in [0.15, 0.2) is 93.7 Å². The Morgan fingerprint density at radius 2 is 1.21 bits per heavy atom. The highest BCUT2D eigenvalue weighted by Gasteiger charge is 2.31. The molecule has 1 heterocycles. The third-order valence-corrected chi connectivity index (χ3v) is 6.55. The maximum atomic E-state index is 3.44. The summed E-state index contributed by atoms with van der Waals surface area (Å²) in [6, 6.07) is 26.4. The lowest BCUT2D eigenvalue weighted by atomic mass is 10.2. The number of aryl methyl sites for hydroxylation is 2. The normalized spacial score (nSPS) is 11.3. The first-order valence-corrected chi connectivity index (χ1v) is 9.38. The molecule has 1 aromatic heterocycles. The SMILES string of the molecule is Cc1ccc([S+](c2ccc(C)cc2)c2c[nH]c3ccccc23)cc1. The highest BCUT2D eigenvalue weighted by molar-refractivity contribution is 7.97. The zero-order valence-electron chi connectivity index (χ0n) is 13.9. The average molecular weight is 330 g/mol. The topological polar surface area (TPSA) is 15.8 Å². The number of aromatic amines is 1. The molecule has 0 saturated carbocycles. The van der Waals surface area contributed by atoms with Crippen molar-refractivity contribution < 1.29 is 0 Å². The summed E-state index contributed by atoms with van der Waals surface area (Å²) in [5, 5.41) is 1.31. The van der Waals surface area contributed by atoms with Crippen molar-refractivity contribution in [1.29, 1.82) is 0 Å². The van der Waals surface area contributed by atoms with E-state index in [0.717, 1.165) is 0 Å².